The lowest BCUT2D eigenvalue weighted by atomic mass is 10.00. The van der Waals surface area contributed by atoms with Gasteiger partial charge in [0.05, 0.1) is 12.6 Å². The molecule has 1 N–H and O–H groups in total. The molecule has 3 heterocycles. The van der Waals surface area contributed by atoms with Crippen LogP contribution in [0.2, 0.25) is 0 Å². The number of aliphatic hydroxyl groups excluding tert-OH is 1. The molecule has 0 aliphatic carbocycles. The molecule has 2 aliphatic rings. The third kappa shape index (κ3) is 1.74. The molecule has 0 aromatic carbocycles. The Morgan fingerprint density at radius 2 is 2.00 bits per heavy atom. The Balaban J connectivity index is 1.72. The number of nitrogens with zero attached hydrogens (tertiary/aromatic N) is 3. The smallest absolute Gasteiger partial charge is 0.230 e. The van der Waals surface area contributed by atoms with Crippen molar-refractivity contribution in [3.8, 4) is 0 Å². The third-order valence-electron chi connectivity index (χ3n) is 3.75. The maximum atomic E-state index is 9.70. The fourth-order valence-electron chi connectivity index (χ4n) is 3.06. The van der Waals surface area contributed by atoms with Crippen LogP contribution >= 0.6 is 0 Å². The fourth-order valence-corrected chi connectivity index (χ4v) is 3.06. The molecule has 2 saturated heterocycles. The Kier molecular flexibility index (Phi) is 2.44. The van der Waals surface area contributed by atoms with Gasteiger partial charge in [0.2, 0.25) is 11.8 Å². The lowest BCUT2D eigenvalue weighted by Crippen LogP contribution is -2.44. The molecule has 3 rings (SSSR count). The Morgan fingerprint density at radius 3 is 2.56 bits per heavy atom. The summed E-state index contributed by atoms with van der Waals surface area (Å²) in [6, 6.07) is 1.00. The second kappa shape index (κ2) is 3.82. The summed E-state index contributed by atoms with van der Waals surface area (Å²) in [5.74, 6) is 1.32. The maximum Gasteiger partial charge on any atom is 0.230 e. The number of aromatic nitrogens is 2. The Morgan fingerprint density at radius 1 is 1.31 bits per heavy atom. The van der Waals surface area contributed by atoms with Gasteiger partial charge in [-0.05, 0) is 25.7 Å². The molecule has 0 amide bonds. The minimum absolute atomic E-state index is 0.113. The van der Waals surface area contributed by atoms with E-state index in [-0.39, 0.29) is 6.10 Å². The van der Waals surface area contributed by atoms with Gasteiger partial charge in [0.15, 0.2) is 0 Å². The van der Waals surface area contributed by atoms with Crippen LogP contribution in [0.1, 0.15) is 37.5 Å². The van der Waals surface area contributed by atoms with Crippen molar-refractivity contribution in [2.24, 2.45) is 0 Å². The Bertz CT molecular complexity index is 365. The highest BCUT2D eigenvalue weighted by Gasteiger charge is 2.40. The van der Waals surface area contributed by atoms with Crippen molar-refractivity contribution in [2.45, 2.75) is 57.3 Å². The zero-order valence-electron chi connectivity index (χ0n) is 9.46. The topological polar surface area (TPSA) is 62.4 Å². The van der Waals surface area contributed by atoms with E-state index in [1.807, 2.05) is 6.92 Å². The highest BCUT2D eigenvalue weighted by Crippen LogP contribution is 2.36. The van der Waals surface area contributed by atoms with Crippen LogP contribution in [0.25, 0.3) is 0 Å². The number of aryl methyl sites for hydroxylation is 1. The van der Waals surface area contributed by atoms with E-state index in [4.69, 9.17) is 4.42 Å². The van der Waals surface area contributed by atoms with E-state index >= 15 is 0 Å². The van der Waals surface area contributed by atoms with Gasteiger partial charge in [0.1, 0.15) is 0 Å². The quantitative estimate of drug-likeness (QED) is 0.806. The molecule has 88 valence electrons. The molecule has 1 aromatic heterocycles. The molecule has 0 spiro atoms. The molecule has 2 aliphatic heterocycles. The molecular weight excluding hydrogens is 206 g/mol. The van der Waals surface area contributed by atoms with Gasteiger partial charge in [0, 0.05) is 19.0 Å². The van der Waals surface area contributed by atoms with Crippen LogP contribution in [0, 0.1) is 6.92 Å². The second-order valence-corrected chi connectivity index (χ2v) is 4.90. The first-order valence-corrected chi connectivity index (χ1v) is 5.95. The number of hydrogen-bond donors (Lipinski definition) is 1. The van der Waals surface area contributed by atoms with E-state index < -0.39 is 0 Å². The lowest BCUT2D eigenvalue weighted by Gasteiger charge is -2.36. The molecule has 5 heteroatoms. The first-order chi connectivity index (χ1) is 7.72. The van der Waals surface area contributed by atoms with Crippen LogP contribution in [-0.2, 0) is 6.54 Å². The summed E-state index contributed by atoms with van der Waals surface area (Å²) in [6.07, 6.45) is 4.05. The molecular formula is C11H17N3O2. The summed E-state index contributed by atoms with van der Waals surface area (Å²) in [4.78, 5) is 2.42. The van der Waals surface area contributed by atoms with Gasteiger partial charge < -0.3 is 9.52 Å². The molecule has 0 saturated carbocycles. The molecule has 16 heavy (non-hydrogen) atoms. The van der Waals surface area contributed by atoms with Gasteiger partial charge in [0.25, 0.3) is 0 Å². The minimum atomic E-state index is -0.113. The number of piperidine rings is 1. The van der Waals surface area contributed by atoms with E-state index in [2.05, 4.69) is 15.1 Å². The number of aliphatic hydroxyl groups is 1. The van der Waals surface area contributed by atoms with E-state index in [0.29, 0.717) is 23.9 Å². The van der Waals surface area contributed by atoms with Crippen molar-refractivity contribution in [1.82, 2.24) is 15.1 Å². The molecule has 2 bridgehead atoms. The number of hydrogen-bond acceptors (Lipinski definition) is 5. The van der Waals surface area contributed by atoms with Gasteiger partial charge in [-0.25, -0.2) is 0 Å². The fraction of sp³-hybridized carbons (Fsp3) is 0.818. The summed E-state index contributed by atoms with van der Waals surface area (Å²) < 4.78 is 5.41. The van der Waals surface area contributed by atoms with Gasteiger partial charge in [-0.15, -0.1) is 10.2 Å². The molecule has 2 atom stereocenters. The van der Waals surface area contributed by atoms with E-state index in [1.165, 1.54) is 12.8 Å². The van der Waals surface area contributed by atoms with Crippen LogP contribution in [-0.4, -0.2) is 38.4 Å². The van der Waals surface area contributed by atoms with Gasteiger partial charge >= 0.3 is 0 Å². The summed E-state index contributed by atoms with van der Waals surface area (Å²) in [6.45, 7) is 2.55. The summed E-state index contributed by atoms with van der Waals surface area (Å²) in [5.41, 5.74) is 0. The minimum Gasteiger partial charge on any atom is -0.424 e. The number of rotatable bonds is 2. The van der Waals surface area contributed by atoms with Crippen molar-refractivity contribution < 1.29 is 9.52 Å². The van der Waals surface area contributed by atoms with Crippen molar-refractivity contribution >= 4 is 0 Å². The average molecular weight is 223 g/mol. The Labute approximate surface area is 94.5 Å². The standard InChI is InChI=1S/C11H17N3O2/c1-7-12-13-11(16-7)6-14-8-2-3-9(14)5-10(15)4-8/h8-10,15H,2-6H2,1H3. The van der Waals surface area contributed by atoms with Crippen molar-refractivity contribution in [2.75, 3.05) is 0 Å². The molecule has 0 radical (unpaired) electrons. The van der Waals surface area contributed by atoms with E-state index in [0.717, 1.165) is 19.4 Å². The van der Waals surface area contributed by atoms with E-state index in [1.54, 1.807) is 0 Å². The maximum absolute atomic E-state index is 9.70. The van der Waals surface area contributed by atoms with Gasteiger partial charge in [-0.2, -0.15) is 0 Å². The predicted molar refractivity (Wildman–Crippen MR) is 56.6 cm³/mol. The van der Waals surface area contributed by atoms with Gasteiger partial charge in [-0.1, -0.05) is 0 Å². The largest absolute Gasteiger partial charge is 0.424 e. The van der Waals surface area contributed by atoms with E-state index in [9.17, 15) is 5.11 Å². The summed E-state index contributed by atoms with van der Waals surface area (Å²) in [7, 11) is 0. The highest BCUT2D eigenvalue weighted by atomic mass is 16.4. The summed E-state index contributed by atoms with van der Waals surface area (Å²) in [5, 5.41) is 17.6. The van der Waals surface area contributed by atoms with Gasteiger partial charge in [-0.3, -0.25) is 4.90 Å². The first kappa shape index (κ1) is 10.2. The van der Waals surface area contributed by atoms with Crippen LogP contribution in [0.3, 0.4) is 0 Å². The van der Waals surface area contributed by atoms with Crippen molar-refractivity contribution in [3.05, 3.63) is 11.8 Å². The molecule has 2 fully saturated rings. The zero-order chi connectivity index (χ0) is 11.1. The number of fused-ring (bicyclic) bond motifs is 2. The van der Waals surface area contributed by atoms with Crippen LogP contribution in [0.4, 0.5) is 0 Å². The predicted octanol–water partition coefficient (Wildman–Crippen LogP) is 0.866. The van der Waals surface area contributed by atoms with Crippen LogP contribution < -0.4 is 0 Å². The Hall–Kier alpha value is -0.940. The lowest BCUT2D eigenvalue weighted by molar-refractivity contribution is 0.0265. The van der Waals surface area contributed by atoms with Crippen molar-refractivity contribution in [1.29, 1.82) is 0 Å². The second-order valence-electron chi connectivity index (χ2n) is 4.90. The highest BCUT2D eigenvalue weighted by molar-refractivity contribution is 4.96. The van der Waals surface area contributed by atoms with Crippen LogP contribution in [0.15, 0.2) is 4.42 Å². The average Bonchev–Trinajstić information content (AvgIpc) is 2.72. The summed E-state index contributed by atoms with van der Waals surface area (Å²) >= 11 is 0. The van der Waals surface area contributed by atoms with Crippen molar-refractivity contribution in [3.63, 3.8) is 0 Å². The third-order valence-corrected chi connectivity index (χ3v) is 3.75. The monoisotopic (exact) mass is 223 g/mol. The first-order valence-electron chi connectivity index (χ1n) is 5.95. The SMILES string of the molecule is Cc1nnc(CN2C3CCC2CC(O)C3)o1. The van der Waals surface area contributed by atoms with Crippen LogP contribution in [0.5, 0.6) is 0 Å². The zero-order valence-corrected chi connectivity index (χ0v) is 9.46. The normalized spacial score (nSPS) is 34.5. The molecule has 5 nitrogen and oxygen atoms in total. The molecule has 1 aromatic rings. The molecule has 2 unspecified atom stereocenters.